The zero-order valence-electron chi connectivity index (χ0n) is 12.5. The highest BCUT2D eigenvalue weighted by molar-refractivity contribution is 5.87. The van der Waals surface area contributed by atoms with Crippen molar-refractivity contribution in [2.45, 2.75) is 6.54 Å². The van der Waals surface area contributed by atoms with Gasteiger partial charge in [0.25, 0.3) is 5.56 Å². The van der Waals surface area contributed by atoms with Gasteiger partial charge in [-0.1, -0.05) is 24.3 Å². The van der Waals surface area contributed by atoms with Crippen molar-refractivity contribution in [2.24, 2.45) is 0 Å². The summed E-state index contributed by atoms with van der Waals surface area (Å²) in [5.74, 6) is -0.345. The molecule has 5 nitrogen and oxygen atoms in total. The molecule has 5 heteroatoms. The molecule has 1 N–H and O–H groups in total. The Kier molecular flexibility index (Phi) is 3.85. The Bertz CT molecular complexity index is 926. The second-order valence-electron chi connectivity index (χ2n) is 5.16. The molecule has 0 aliphatic rings. The van der Waals surface area contributed by atoms with Gasteiger partial charge in [0.05, 0.1) is 24.7 Å². The van der Waals surface area contributed by atoms with E-state index in [0.717, 1.165) is 16.5 Å². The number of aromatic carboxylic acids is 1. The molecule has 1 aromatic heterocycles. The third kappa shape index (κ3) is 2.81. The van der Waals surface area contributed by atoms with Crippen molar-refractivity contribution < 1.29 is 14.6 Å². The minimum absolute atomic E-state index is 0.135. The summed E-state index contributed by atoms with van der Waals surface area (Å²) in [6.45, 7) is 0.344. The van der Waals surface area contributed by atoms with Crippen LogP contribution in [0.1, 0.15) is 15.9 Å². The summed E-state index contributed by atoms with van der Waals surface area (Å²) < 4.78 is 7.00. The fourth-order valence-electron chi connectivity index (χ4n) is 2.58. The van der Waals surface area contributed by atoms with Crippen LogP contribution in [-0.2, 0) is 6.54 Å². The number of nitrogens with zero attached hydrogens (tertiary/aromatic N) is 1. The van der Waals surface area contributed by atoms with Gasteiger partial charge in [-0.3, -0.25) is 4.79 Å². The number of carbonyl (C=O) groups is 1. The molecular weight excluding hydrogens is 294 g/mol. The molecule has 0 bridgehead atoms. The van der Waals surface area contributed by atoms with Crippen molar-refractivity contribution in [1.29, 1.82) is 0 Å². The first-order chi connectivity index (χ1) is 11.1. The van der Waals surface area contributed by atoms with E-state index >= 15 is 0 Å². The Morgan fingerprint density at radius 2 is 1.83 bits per heavy atom. The van der Waals surface area contributed by atoms with E-state index in [0.29, 0.717) is 12.3 Å². The summed E-state index contributed by atoms with van der Waals surface area (Å²) >= 11 is 0. The predicted molar refractivity (Wildman–Crippen MR) is 87.3 cm³/mol. The first kappa shape index (κ1) is 14.8. The monoisotopic (exact) mass is 309 g/mol. The number of benzene rings is 2. The summed E-state index contributed by atoms with van der Waals surface area (Å²) in [5, 5.41) is 9.86. The molecule has 1 heterocycles. The maximum Gasteiger partial charge on any atom is 0.335 e. The van der Waals surface area contributed by atoms with Crippen LogP contribution in [0.15, 0.2) is 59.4 Å². The molecule has 0 saturated heterocycles. The van der Waals surface area contributed by atoms with E-state index in [1.807, 2.05) is 18.2 Å². The van der Waals surface area contributed by atoms with E-state index < -0.39 is 5.97 Å². The molecule has 0 saturated carbocycles. The maximum atomic E-state index is 12.3. The minimum Gasteiger partial charge on any atom is -0.495 e. The van der Waals surface area contributed by atoms with E-state index in [2.05, 4.69) is 0 Å². The molecule has 0 fully saturated rings. The molecule has 0 atom stereocenters. The zero-order chi connectivity index (χ0) is 16.4. The number of fused-ring (bicyclic) bond motifs is 1. The lowest BCUT2D eigenvalue weighted by atomic mass is 10.1. The van der Waals surface area contributed by atoms with Crippen LogP contribution < -0.4 is 10.3 Å². The van der Waals surface area contributed by atoms with Crippen molar-refractivity contribution >= 4 is 16.9 Å². The largest absolute Gasteiger partial charge is 0.495 e. The second-order valence-corrected chi connectivity index (χ2v) is 5.16. The molecule has 0 radical (unpaired) electrons. The number of methoxy groups -OCH3 is 1. The summed E-state index contributed by atoms with van der Waals surface area (Å²) in [4.78, 5) is 23.2. The van der Waals surface area contributed by atoms with E-state index in [-0.39, 0.29) is 11.1 Å². The molecule has 0 aliphatic heterocycles. The van der Waals surface area contributed by atoms with Gasteiger partial charge in [0.1, 0.15) is 5.75 Å². The Morgan fingerprint density at radius 3 is 2.48 bits per heavy atom. The van der Waals surface area contributed by atoms with Crippen molar-refractivity contribution in [2.75, 3.05) is 7.11 Å². The first-order valence-corrected chi connectivity index (χ1v) is 7.09. The highest BCUT2D eigenvalue weighted by Gasteiger charge is 2.09. The van der Waals surface area contributed by atoms with Gasteiger partial charge in [-0.2, -0.15) is 0 Å². The van der Waals surface area contributed by atoms with Gasteiger partial charge in [-0.15, -0.1) is 0 Å². The number of ether oxygens (including phenoxy) is 1. The number of carboxylic acid groups (broad SMARTS) is 1. The average Bonchev–Trinajstić information content (AvgIpc) is 2.57. The van der Waals surface area contributed by atoms with Crippen molar-refractivity contribution in [1.82, 2.24) is 4.57 Å². The standard InChI is InChI=1S/C18H15NO4/c1-23-15-4-2-3-13-9-10-16(20)19(17(13)15)11-12-5-7-14(8-6-12)18(21)22/h2-10H,11H2,1H3,(H,21,22). The van der Waals surface area contributed by atoms with Gasteiger partial charge in [-0.05, 0) is 29.8 Å². The van der Waals surface area contributed by atoms with Gasteiger partial charge >= 0.3 is 5.97 Å². The summed E-state index contributed by atoms with van der Waals surface area (Å²) in [5.41, 5.74) is 1.65. The van der Waals surface area contributed by atoms with Crippen molar-refractivity contribution in [3.63, 3.8) is 0 Å². The van der Waals surface area contributed by atoms with Gasteiger partial charge in [0, 0.05) is 11.5 Å². The fraction of sp³-hybridized carbons (Fsp3) is 0.111. The molecule has 2 aromatic carbocycles. The topological polar surface area (TPSA) is 68.5 Å². The molecule has 0 spiro atoms. The van der Waals surface area contributed by atoms with Gasteiger partial charge in [0.2, 0.25) is 0 Å². The Hall–Kier alpha value is -3.08. The summed E-state index contributed by atoms with van der Waals surface area (Å²) in [6, 6.07) is 15.4. The fourth-order valence-corrected chi connectivity index (χ4v) is 2.58. The Morgan fingerprint density at radius 1 is 1.09 bits per heavy atom. The molecule has 116 valence electrons. The van der Waals surface area contributed by atoms with Gasteiger partial charge < -0.3 is 14.4 Å². The van der Waals surface area contributed by atoms with E-state index in [1.165, 1.54) is 18.2 Å². The number of hydrogen-bond acceptors (Lipinski definition) is 3. The highest BCUT2D eigenvalue weighted by Crippen LogP contribution is 2.24. The van der Waals surface area contributed by atoms with Crippen LogP contribution in [0.3, 0.4) is 0 Å². The molecule has 23 heavy (non-hydrogen) atoms. The number of hydrogen-bond donors (Lipinski definition) is 1. The second kappa shape index (κ2) is 5.96. The van der Waals surface area contributed by atoms with Crippen LogP contribution in [0.5, 0.6) is 5.75 Å². The normalized spacial score (nSPS) is 10.7. The molecular formula is C18H15NO4. The third-order valence-electron chi connectivity index (χ3n) is 3.73. The van der Waals surface area contributed by atoms with Crippen LogP contribution in [0.2, 0.25) is 0 Å². The quantitative estimate of drug-likeness (QED) is 0.804. The number of aromatic nitrogens is 1. The average molecular weight is 309 g/mol. The van der Waals surface area contributed by atoms with Crippen molar-refractivity contribution in [3.05, 3.63) is 76.1 Å². The predicted octanol–water partition coefficient (Wildman–Crippen LogP) is 2.76. The molecule has 3 rings (SSSR count). The number of rotatable bonds is 4. The van der Waals surface area contributed by atoms with Crippen molar-refractivity contribution in [3.8, 4) is 5.75 Å². The minimum atomic E-state index is -0.972. The molecule has 0 unspecified atom stereocenters. The van der Waals surface area contributed by atoms with E-state index in [1.54, 1.807) is 29.9 Å². The van der Waals surface area contributed by atoms with Gasteiger partial charge in [-0.25, -0.2) is 4.79 Å². The maximum absolute atomic E-state index is 12.3. The summed E-state index contributed by atoms with van der Waals surface area (Å²) in [7, 11) is 1.57. The highest BCUT2D eigenvalue weighted by atomic mass is 16.5. The Balaban J connectivity index is 2.10. The van der Waals surface area contributed by atoms with E-state index in [9.17, 15) is 9.59 Å². The van der Waals surface area contributed by atoms with Crippen LogP contribution in [0, 0.1) is 0 Å². The molecule has 0 amide bonds. The zero-order valence-corrected chi connectivity index (χ0v) is 12.5. The lowest BCUT2D eigenvalue weighted by molar-refractivity contribution is 0.0697. The smallest absolute Gasteiger partial charge is 0.335 e. The number of para-hydroxylation sites is 1. The summed E-state index contributed by atoms with van der Waals surface area (Å²) in [6.07, 6.45) is 0. The Labute approximate surface area is 132 Å². The number of carboxylic acids is 1. The lowest BCUT2D eigenvalue weighted by Crippen LogP contribution is -2.20. The van der Waals surface area contributed by atoms with E-state index in [4.69, 9.17) is 9.84 Å². The molecule has 0 aliphatic carbocycles. The third-order valence-corrected chi connectivity index (χ3v) is 3.73. The SMILES string of the molecule is COc1cccc2ccc(=O)n(Cc3ccc(C(=O)O)cc3)c12. The van der Waals surface area contributed by atoms with Crippen LogP contribution in [0.4, 0.5) is 0 Å². The van der Waals surface area contributed by atoms with Crippen LogP contribution >= 0.6 is 0 Å². The van der Waals surface area contributed by atoms with Crippen LogP contribution in [0.25, 0.3) is 10.9 Å². The first-order valence-electron chi connectivity index (χ1n) is 7.09. The lowest BCUT2D eigenvalue weighted by Gasteiger charge is -2.13. The molecule has 3 aromatic rings. The van der Waals surface area contributed by atoms with Crippen LogP contribution in [-0.4, -0.2) is 22.8 Å². The van der Waals surface area contributed by atoms with Gasteiger partial charge in [0.15, 0.2) is 0 Å². The number of pyridine rings is 1.